The number of benzene rings is 2. The van der Waals surface area contributed by atoms with Gasteiger partial charge in [-0.2, -0.15) is 5.26 Å². The number of amides is 1. The van der Waals surface area contributed by atoms with Gasteiger partial charge in [0.15, 0.2) is 18.1 Å². The van der Waals surface area contributed by atoms with Crippen molar-refractivity contribution >= 4 is 5.91 Å². The van der Waals surface area contributed by atoms with E-state index in [1.165, 1.54) is 7.11 Å². The molecule has 0 aliphatic heterocycles. The van der Waals surface area contributed by atoms with Crippen molar-refractivity contribution < 1.29 is 14.3 Å². The molecule has 1 aromatic heterocycles. The molecule has 0 aliphatic carbocycles. The van der Waals surface area contributed by atoms with Crippen molar-refractivity contribution in [1.29, 1.82) is 5.26 Å². The molecule has 1 atom stereocenters. The highest BCUT2D eigenvalue weighted by Crippen LogP contribution is 2.27. The Morgan fingerprint density at radius 2 is 2.04 bits per heavy atom. The van der Waals surface area contributed by atoms with Crippen LogP contribution in [0.4, 0.5) is 0 Å². The van der Waals surface area contributed by atoms with E-state index in [1.807, 2.05) is 48.0 Å². The van der Waals surface area contributed by atoms with Gasteiger partial charge >= 0.3 is 0 Å². The van der Waals surface area contributed by atoms with Crippen LogP contribution in [0, 0.1) is 11.3 Å². The molecular formula is C21H20N4O3. The Labute approximate surface area is 163 Å². The van der Waals surface area contributed by atoms with Crippen LogP contribution in [0.25, 0.3) is 5.69 Å². The number of nitrogens with one attached hydrogen (secondary N) is 1. The Balaban J connectivity index is 1.57. The lowest BCUT2D eigenvalue weighted by Crippen LogP contribution is -2.31. The minimum absolute atomic E-state index is 0.153. The summed E-state index contributed by atoms with van der Waals surface area (Å²) in [7, 11) is 1.49. The summed E-state index contributed by atoms with van der Waals surface area (Å²) in [6, 6.07) is 14.5. The number of methoxy groups -OCH3 is 1. The second-order valence-corrected chi connectivity index (χ2v) is 6.12. The third-order valence-electron chi connectivity index (χ3n) is 4.22. The Morgan fingerprint density at radius 1 is 1.25 bits per heavy atom. The zero-order valence-corrected chi connectivity index (χ0v) is 15.6. The van der Waals surface area contributed by atoms with E-state index in [0.29, 0.717) is 17.1 Å². The summed E-state index contributed by atoms with van der Waals surface area (Å²) in [6.45, 7) is 1.76. The third kappa shape index (κ3) is 4.48. The van der Waals surface area contributed by atoms with Crippen LogP contribution in [0.15, 0.2) is 61.2 Å². The minimum Gasteiger partial charge on any atom is -0.493 e. The average molecular weight is 376 g/mol. The molecule has 3 rings (SSSR count). The second-order valence-electron chi connectivity index (χ2n) is 6.12. The summed E-state index contributed by atoms with van der Waals surface area (Å²) in [4.78, 5) is 16.3. The monoisotopic (exact) mass is 376 g/mol. The molecule has 0 aliphatic rings. The predicted molar refractivity (Wildman–Crippen MR) is 103 cm³/mol. The van der Waals surface area contributed by atoms with Gasteiger partial charge in [-0.05, 0) is 36.8 Å². The number of ether oxygens (including phenoxy) is 2. The summed E-state index contributed by atoms with van der Waals surface area (Å²) < 4.78 is 12.6. The van der Waals surface area contributed by atoms with Crippen LogP contribution in [0.2, 0.25) is 0 Å². The number of carbonyl (C=O) groups excluding carboxylic acids is 1. The number of imidazole rings is 1. The van der Waals surface area contributed by atoms with E-state index in [4.69, 9.17) is 14.7 Å². The van der Waals surface area contributed by atoms with Crippen LogP contribution in [-0.4, -0.2) is 29.2 Å². The molecule has 7 heteroatoms. The van der Waals surface area contributed by atoms with Gasteiger partial charge in [0.05, 0.1) is 31.1 Å². The van der Waals surface area contributed by atoms with Gasteiger partial charge in [-0.1, -0.05) is 12.1 Å². The van der Waals surface area contributed by atoms with Gasteiger partial charge in [0.2, 0.25) is 0 Å². The first-order valence-electron chi connectivity index (χ1n) is 8.69. The molecule has 0 saturated heterocycles. The number of hydrogen-bond donors (Lipinski definition) is 1. The van der Waals surface area contributed by atoms with Crippen molar-refractivity contribution in [3.8, 4) is 23.3 Å². The van der Waals surface area contributed by atoms with Crippen molar-refractivity contribution in [1.82, 2.24) is 14.9 Å². The standard InChI is InChI=1S/C21H20N4O3/c1-15(17-4-6-18(7-5-17)25-10-9-23-14-25)24-21(26)13-28-19-8-3-16(12-22)11-20(19)27-2/h3-11,14-15H,13H2,1-2H3,(H,24,26)/t15-/m0/s1. The highest BCUT2D eigenvalue weighted by atomic mass is 16.5. The Morgan fingerprint density at radius 3 is 2.68 bits per heavy atom. The van der Waals surface area contributed by atoms with E-state index in [0.717, 1.165) is 11.3 Å². The maximum absolute atomic E-state index is 12.2. The summed E-state index contributed by atoms with van der Waals surface area (Å²) in [5.74, 6) is 0.571. The highest BCUT2D eigenvalue weighted by Gasteiger charge is 2.12. The van der Waals surface area contributed by atoms with E-state index >= 15 is 0 Å². The van der Waals surface area contributed by atoms with Gasteiger partial charge in [-0.15, -0.1) is 0 Å². The molecule has 0 radical (unpaired) electrons. The largest absolute Gasteiger partial charge is 0.493 e. The molecule has 0 spiro atoms. The van der Waals surface area contributed by atoms with Gasteiger partial charge < -0.3 is 19.4 Å². The molecule has 2 aromatic carbocycles. The number of carbonyl (C=O) groups is 1. The van der Waals surface area contributed by atoms with Gasteiger partial charge in [0.1, 0.15) is 0 Å². The van der Waals surface area contributed by atoms with Gasteiger partial charge in [-0.3, -0.25) is 4.79 Å². The molecule has 0 unspecified atom stereocenters. The number of nitriles is 1. The fraction of sp³-hybridized carbons (Fsp3) is 0.190. The number of hydrogen-bond acceptors (Lipinski definition) is 5. The zero-order valence-electron chi connectivity index (χ0n) is 15.6. The molecule has 0 bridgehead atoms. The van der Waals surface area contributed by atoms with Gasteiger partial charge in [-0.25, -0.2) is 4.98 Å². The summed E-state index contributed by atoms with van der Waals surface area (Å²) in [5.41, 5.74) is 2.44. The lowest BCUT2D eigenvalue weighted by Gasteiger charge is -2.16. The van der Waals surface area contributed by atoms with Crippen LogP contribution in [0.1, 0.15) is 24.1 Å². The van der Waals surface area contributed by atoms with E-state index in [1.54, 1.807) is 30.7 Å². The average Bonchev–Trinajstić information content (AvgIpc) is 3.27. The topological polar surface area (TPSA) is 89.2 Å². The van der Waals surface area contributed by atoms with Crippen LogP contribution < -0.4 is 14.8 Å². The fourth-order valence-electron chi connectivity index (χ4n) is 2.71. The third-order valence-corrected chi connectivity index (χ3v) is 4.22. The van der Waals surface area contributed by atoms with Crippen LogP contribution >= 0.6 is 0 Å². The lowest BCUT2D eigenvalue weighted by molar-refractivity contribution is -0.123. The maximum Gasteiger partial charge on any atom is 0.258 e. The molecule has 7 nitrogen and oxygen atoms in total. The minimum atomic E-state index is -0.252. The quantitative estimate of drug-likeness (QED) is 0.685. The summed E-state index contributed by atoms with van der Waals surface area (Å²) >= 11 is 0. The molecule has 28 heavy (non-hydrogen) atoms. The first-order valence-corrected chi connectivity index (χ1v) is 8.69. The van der Waals surface area contributed by atoms with Gasteiger partial charge in [0.25, 0.3) is 5.91 Å². The SMILES string of the molecule is COc1cc(C#N)ccc1OCC(=O)N[C@@H](C)c1ccc(-n2ccnc2)cc1. The number of aromatic nitrogens is 2. The Kier molecular flexibility index (Phi) is 5.92. The van der Waals surface area contributed by atoms with E-state index in [9.17, 15) is 4.79 Å². The number of nitrogens with zero attached hydrogens (tertiary/aromatic N) is 3. The summed E-state index contributed by atoms with van der Waals surface area (Å²) in [5, 5.41) is 11.8. The van der Waals surface area contributed by atoms with Crippen molar-refractivity contribution in [2.45, 2.75) is 13.0 Å². The normalized spacial score (nSPS) is 11.3. The highest BCUT2D eigenvalue weighted by molar-refractivity contribution is 5.78. The van der Waals surface area contributed by atoms with Gasteiger partial charge in [0, 0.05) is 24.1 Å². The molecule has 1 amide bonds. The van der Waals surface area contributed by atoms with Crippen LogP contribution in [0.5, 0.6) is 11.5 Å². The van der Waals surface area contributed by atoms with Crippen molar-refractivity contribution in [3.63, 3.8) is 0 Å². The second kappa shape index (κ2) is 8.73. The molecule has 1 heterocycles. The zero-order chi connectivity index (χ0) is 19.9. The molecule has 3 aromatic rings. The van der Waals surface area contributed by atoms with Crippen LogP contribution in [-0.2, 0) is 4.79 Å². The predicted octanol–water partition coefficient (Wildman–Crippen LogP) is 3.01. The smallest absolute Gasteiger partial charge is 0.258 e. The molecule has 0 fully saturated rings. The lowest BCUT2D eigenvalue weighted by atomic mass is 10.1. The van der Waals surface area contributed by atoms with Crippen molar-refractivity contribution in [3.05, 3.63) is 72.3 Å². The molecular weight excluding hydrogens is 356 g/mol. The molecule has 1 N–H and O–H groups in total. The number of rotatable bonds is 7. The Hall–Kier alpha value is -3.79. The van der Waals surface area contributed by atoms with Crippen LogP contribution in [0.3, 0.4) is 0 Å². The van der Waals surface area contributed by atoms with E-state index in [-0.39, 0.29) is 18.6 Å². The fourth-order valence-corrected chi connectivity index (χ4v) is 2.71. The van der Waals surface area contributed by atoms with E-state index < -0.39 is 0 Å². The van der Waals surface area contributed by atoms with Crippen molar-refractivity contribution in [2.24, 2.45) is 0 Å². The first-order chi connectivity index (χ1) is 13.6. The Bertz CT molecular complexity index is 976. The summed E-state index contributed by atoms with van der Waals surface area (Å²) in [6.07, 6.45) is 5.32. The van der Waals surface area contributed by atoms with E-state index in [2.05, 4.69) is 10.3 Å². The van der Waals surface area contributed by atoms with Crippen molar-refractivity contribution in [2.75, 3.05) is 13.7 Å². The molecule has 0 saturated carbocycles. The molecule has 142 valence electrons. The maximum atomic E-state index is 12.2. The first kappa shape index (κ1) is 19.0.